The highest BCUT2D eigenvalue weighted by molar-refractivity contribution is 4.66. The minimum absolute atomic E-state index is 0.730. The zero-order chi connectivity index (χ0) is 18.6. The normalized spacial score (nSPS) is 12.8. The lowest BCUT2D eigenvalue weighted by Crippen LogP contribution is -2.34. The van der Waals surface area contributed by atoms with Gasteiger partial charge in [0, 0.05) is 6.04 Å². The van der Waals surface area contributed by atoms with E-state index in [4.69, 9.17) is 5.73 Å². The van der Waals surface area contributed by atoms with E-state index in [1.807, 2.05) is 0 Å². The van der Waals surface area contributed by atoms with E-state index in [1.54, 1.807) is 0 Å². The van der Waals surface area contributed by atoms with Gasteiger partial charge in [-0.1, -0.05) is 104 Å². The highest BCUT2D eigenvalue weighted by atomic mass is 15.1. The molecule has 0 fully saturated rings. The van der Waals surface area contributed by atoms with Gasteiger partial charge in [0.15, 0.2) is 0 Å². The van der Waals surface area contributed by atoms with Crippen LogP contribution in [0, 0.1) is 0 Å². The molecule has 0 aromatic carbocycles. The lowest BCUT2D eigenvalue weighted by molar-refractivity contribution is 0.205. The second kappa shape index (κ2) is 20.2. The predicted octanol–water partition coefficient (Wildman–Crippen LogP) is 6.92. The molecule has 0 aliphatic carbocycles. The molecule has 1 unspecified atom stereocenters. The summed E-state index contributed by atoms with van der Waals surface area (Å²) < 4.78 is 0. The van der Waals surface area contributed by atoms with Gasteiger partial charge in [-0.2, -0.15) is 0 Å². The van der Waals surface area contributed by atoms with E-state index in [9.17, 15) is 0 Å². The van der Waals surface area contributed by atoms with Gasteiger partial charge in [0.25, 0.3) is 0 Å². The van der Waals surface area contributed by atoms with Crippen LogP contribution in [0.5, 0.6) is 0 Å². The van der Waals surface area contributed by atoms with Crippen LogP contribution in [0.2, 0.25) is 0 Å². The first-order valence-electron chi connectivity index (χ1n) is 11.7. The van der Waals surface area contributed by atoms with Crippen molar-refractivity contribution in [2.75, 3.05) is 19.6 Å². The van der Waals surface area contributed by atoms with E-state index in [1.165, 1.54) is 109 Å². The fourth-order valence-corrected chi connectivity index (χ4v) is 3.80. The Kier molecular flexibility index (Phi) is 20.2. The molecular weight excluding hydrogens is 304 g/mol. The second-order valence-electron chi connectivity index (χ2n) is 8.00. The van der Waals surface area contributed by atoms with Gasteiger partial charge < -0.3 is 10.6 Å². The third-order valence-electron chi connectivity index (χ3n) is 5.65. The fourth-order valence-electron chi connectivity index (χ4n) is 3.80. The van der Waals surface area contributed by atoms with Crippen LogP contribution in [0.25, 0.3) is 0 Å². The van der Waals surface area contributed by atoms with Gasteiger partial charge >= 0.3 is 0 Å². The van der Waals surface area contributed by atoms with E-state index >= 15 is 0 Å². The first-order valence-corrected chi connectivity index (χ1v) is 11.7. The molecule has 1 atom stereocenters. The van der Waals surface area contributed by atoms with Crippen LogP contribution >= 0.6 is 0 Å². The quantitative estimate of drug-likeness (QED) is 0.240. The summed E-state index contributed by atoms with van der Waals surface area (Å²) in [6.07, 6.45) is 22.8. The van der Waals surface area contributed by atoms with Crippen molar-refractivity contribution in [3.05, 3.63) is 0 Å². The van der Waals surface area contributed by atoms with Crippen LogP contribution in [-0.2, 0) is 0 Å². The van der Waals surface area contributed by atoms with E-state index in [-0.39, 0.29) is 0 Å². The number of nitrogens with two attached hydrogens (primary N) is 1. The Morgan fingerprint density at radius 2 is 1.08 bits per heavy atom. The van der Waals surface area contributed by atoms with E-state index in [0.29, 0.717) is 0 Å². The molecule has 0 aromatic heterocycles. The van der Waals surface area contributed by atoms with Gasteiger partial charge in [0.1, 0.15) is 0 Å². The van der Waals surface area contributed by atoms with Crippen molar-refractivity contribution in [2.45, 2.75) is 130 Å². The maximum Gasteiger partial charge on any atom is 0.00668 e. The summed E-state index contributed by atoms with van der Waals surface area (Å²) in [5, 5.41) is 0. The molecule has 0 rings (SSSR count). The Bertz CT molecular complexity index is 242. The van der Waals surface area contributed by atoms with Crippen molar-refractivity contribution >= 4 is 0 Å². The van der Waals surface area contributed by atoms with Gasteiger partial charge in [-0.15, -0.1) is 0 Å². The smallest absolute Gasteiger partial charge is 0.00668 e. The second-order valence-corrected chi connectivity index (χ2v) is 8.00. The standard InChI is InChI=1S/C23H50N2/c1-4-6-7-8-9-10-11-12-13-14-15-16-17-18-20-23(3)25(5-2)22-19-21-24/h23H,4-22,24H2,1-3H3. The molecule has 152 valence electrons. The maximum absolute atomic E-state index is 5.64. The minimum Gasteiger partial charge on any atom is -0.330 e. The van der Waals surface area contributed by atoms with Crippen molar-refractivity contribution in [1.29, 1.82) is 0 Å². The third-order valence-corrected chi connectivity index (χ3v) is 5.65. The van der Waals surface area contributed by atoms with Crippen LogP contribution in [-0.4, -0.2) is 30.6 Å². The Morgan fingerprint density at radius 3 is 1.48 bits per heavy atom. The topological polar surface area (TPSA) is 29.3 Å². The largest absolute Gasteiger partial charge is 0.330 e. The summed E-state index contributed by atoms with van der Waals surface area (Å²) in [6, 6.07) is 0.730. The van der Waals surface area contributed by atoms with Crippen LogP contribution in [0.15, 0.2) is 0 Å². The summed E-state index contributed by atoms with van der Waals surface area (Å²) in [7, 11) is 0. The molecular formula is C23H50N2. The Balaban J connectivity index is 3.27. The molecule has 0 aromatic rings. The van der Waals surface area contributed by atoms with Crippen LogP contribution in [0.3, 0.4) is 0 Å². The van der Waals surface area contributed by atoms with Crippen molar-refractivity contribution in [1.82, 2.24) is 4.90 Å². The molecule has 0 saturated carbocycles. The first kappa shape index (κ1) is 24.9. The molecule has 0 aliphatic rings. The number of nitrogens with zero attached hydrogens (tertiary/aromatic N) is 1. The molecule has 2 N–H and O–H groups in total. The Hall–Kier alpha value is -0.0800. The fraction of sp³-hybridized carbons (Fsp3) is 1.00. The summed E-state index contributed by atoms with van der Waals surface area (Å²) >= 11 is 0. The predicted molar refractivity (Wildman–Crippen MR) is 115 cm³/mol. The Labute approximate surface area is 160 Å². The van der Waals surface area contributed by atoms with Crippen LogP contribution < -0.4 is 5.73 Å². The first-order chi connectivity index (χ1) is 12.3. The van der Waals surface area contributed by atoms with Crippen LogP contribution in [0.4, 0.5) is 0 Å². The average Bonchev–Trinajstić information content (AvgIpc) is 2.62. The van der Waals surface area contributed by atoms with Gasteiger partial charge in [-0.25, -0.2) is 0 Å². The average molecular weight is 355 g/mol. The molecule has 0 radical (unpaired) electrons. The maximum atomic E-state index is 5.64. The monoisotopic (exact) mass is 354 g/mol. The molecule has 0 bridgehead atoms. The van der Waals surface area contributed by atoms with E-state index in [0.717, 1.165) is 19.0 Å². The molecule has 0 spiro atoms. The highest BCUT2D eigenvalue weighted by Crippen LogP contribution is 2.15. The van der Waals surface area contributed by atoms with Crippen molar-refractivity contribution in [3.8, 4) is 0 Å². The SMILES string of the molecule is CCCCCCCCCCCCCCCCC(C)N(CC)CCCN. The van der Waals surface area contributed by atoms with Crippen molar-refractivity contribution in [3.63, 3.8) is 0 Å². The molecule has 0 aliphatic heterocycles. The number of hydrogen-bond donors (Lipinski definition) is 1. The van der Waals surface area contributed by atoms with Crippen LogP contribution in [0.1, 0.15) is 124 Å². The summed E-state index contributed by atoms with van der Waals surface area (Å²) in [5.74, 6) is 0. The van der Waals surface area contributed by atoms with Gasteiger partial charge in [-0.3, -0.25) is 0 Å². The lowest BCUT2D eigenvalue weighted by Gasteiger charge is -2.27. The molecule has 0 saturated heterocycles. The van der Waals surface area contributed by atoms with E-state index in [2.05, 4.69) is 25.7 Å². The van der Waals surface area contributed by atoms with Crippen molar-refractivity contribution < 1.29 is 0 Å². The zero-order valence-corrected chi connectivity index (χ0v) is 18.0. The van der Waals surface area contributed by atoms with E-state index < -0.39 is 0 Å². The highest BCUT2D eigenvalue weighted by Gasteiger charge is 2.10. The Morgan fingerprint density at radius 1 is 0.640 bits per heavy atom. The summed E-state index contributed by atoms with van der Waals surface area (Å²) in [6.45, 7) is 10.1. The van der Waals surface area contributed by atoms with Crippen molar-refractivity contribution in [2.24, 2.45) is 5.73 Å². The molecule has 0 heterocycles. The molecule has 25 heavy (non-hydrogen) atoms. The summed E-state index contributed by atoms with van der Waals surface area (Å²) in [4.78, 5) is 2.59. The minimum atomic E-state index is 0.730. The number of hydrogen-bond acceptors (Lipinski definition) is 2. The van der Waals surface area contributed by atoms with Gasteiger partial charge in [0.2, 0.25) is 0 Å². The molecule has 2 nitrogen and oxygen atoms in total. The lowest BCUT2D eigenvalue weighted by atomic mass is 10.0. The van der Waals surface area contributed by atoms with Gasteiger partial charge in [-0.05, 0) is 39.4 Å². The zero-order valence-electron chi connectivity index (χ0n) is 18.0. The number of rotatable bonds is 20. The summed E-state index contributed by atoms with van der Waals surface area (Å²) in [5.41, 5.74) is 5.64. The molecule has 2 heteroatoms. The number of unbranched alkanes of at least 4 members (excludes halogenated alkanes) is 13. The van der Waals surface area contributed by atoms with Gasteiger partial charge in [0.05, 0.1) is 0 Å². The third kappa shape index (κ3) is 17.1. The molecule has 0 amide bonds.